The average Bonchev–Trinajstić information content (AvgIpc) is 3.60. The van der Waals surface area contributed by atoms with Crippen LogP contribution in [0.4, 0.5) is 21.1 Å². The molecule has 0 aliphatic heterocycles. The van der Waals surface area contributed by atoms with Gasteiger partial charge in [0.1, 0.15) is 24.0 Å². The Balaban J connectivity index is 1.08. The second kappa shape index (κ2) is 20.8. The molecule has 2 aromatic heterocycles. The standard InChI is InChI=1S/C46H60N10O5/c1-4-5-15-38-54-40-41(35-12-6-7-13-36(35)52-42(40)48)56(38)27-32-18-16-31(17-19-32)26-55(25-30-10-8-11-30)46(60)61-28-33-20-22-34(23-21-33)51-43(57)37(14-9-24-50-45(49)59)53-44(58)39(47)29(2)3/h6-7,12-13,16-23,29-30,37,39H,4-5,8-11,14-15,24-28,47H2,1-3H3,(H2,48,52)(H,51,57)(H,53,58)(H3,49,50,59)/t37-,39-/m0/s1. The third-order valence-electron chi connectivity index (χ3n) is 11.3. The van der Waals surface area contributed by atoms with E-state index in [1.165, 1.54) is 0 Å². The third kappa shape index (κ3) is 11.7. The van der Waals surface area contributed by atoms with E-state index in [0.29, 0.717) is 43.5 Å². The van der Waals surface area contributed by atoms with Gasteiger partial charge < -0.3 is 47.4 Å². The number of imidazole rings is 1. The molecule has 5 aromatic rings. The summed E-state index contributed by atoms with van der Waals surface area (Å²) in [5.41, 5.74) is 23.6. The van der Waals surface area contributed by atoms with E-state index in [2.05, 4.69) is 62.8 Å². The maximum Gasteiger partial charge on any atom is 0.410 e. The van der Waals surface area contributed by atoms with Crippen LogP contribution in [0.25, 0.3) is 21.9 Å². The number of nitrogen functional groups attached to an aromatic ring is 1. The SMILES string of the molecule is CCCCc1nc2c(N)nc3ccccc3c2n1Cc1ccc(CN(CC2CCC2)C(=O)OCc2ccc(NC(=O)[C@H](CCCNC(N)=O)NC(=O)[C@@H](N)C(C)C)cc2)cc1. The minimum atomic E-state index is -0.885. The van der Waals surface area contributed by atoms with Gasteiger partial charge in [-0.15, -0.1) is 0 Å². The lowest BCUT2D eigenvalue weighted by Gasteiger charge is -2.32. The van der Waals surface area contributed by atoms with Crippen LogP contribution < -0.4 is 33.2 Å². The number of amides is 5. The molecule has 61 heavy (non-hydrogen) atoms. The van der Waals surface area contributed by atoms with Gasteiger partial charge in [-0.05, 0) is 78.8 Å². The summed E-state index contributed by atoms with van der Waals surface area (Å²) in [5.74, 6) is 0.883. The fourth-order valence-electron chi connectivity index (χ4n) is 7.45. The quantitative estimate of drug-likeness (QED) is 0.0480. The zero-order chi connectivity index (χ0) is 43.5. The van der Waals surface area contributed by atoms with Crippen molar-refractivity contribution in [2.75, 3.05) is 24.1 Å². The predicted octanol–water partition coefficient (Wildman–Crippen LogP) is 6.35. The van der Waals surface area contributed by atoms with Gasteiger partial charge in [-0.2, -0.15) is 0 Å². The fraction of sp³-hybridized carbons (Fsp3) is 0.435. The van der Waals surface area contributed by atoms with Crippen molar-refractivity contribution >= 4 is 57.4 Å². The van der Waals surface area contributed by atoms with E-state index in [4.69, 9.17) is 26.9 Å². The molecule has 2 heterocycles. The second-order valence-electron chi connectivity index (χ2n) is 16.4. The number of anilines is 2. The molecular formula is C46H60N10O5. The summed E-state index contributed by atoms with van der Waals surface area (Å²) in [7, 11) is 0. The number of rotatable bonds is 20. The molecule has 9 N–H and O–H groups in total. The normalized spacial score (nSPS) is 13.7. The van der Waals surface area contributed by atoms with E-state index >= 15 is 0 Å². The summed E-state index contributed by atoms with van der Waals surface area (Å²) >= 11 is 0. The van der Waals surface area contributed by atoms with Crippen molar-refractivity contribution in [2.45, 2.75) is 104 Å². The Labute approximate surface area is 357 Å². The van der Waals surface area contributed by atoms with Crippen LogP contribution in [0.5, 0.6) is 0 Å². The van der Waals surface area contributed by atoms with E-state index in [1.54, 1.807) is 29.2 Å². The maximum atomic E-state index is 13.6. The number of nitrogens with zero attached hydrogens (tertiary/aromatic N) is 4. The Kier molecular flexibility index (Phi) is 15.1. The Morgan fingerprint density at radius 1 is 0.918 bits per heavy atom. The number of unbranched alkanes of at least 4 members (excludes halogenated alkanes) is 1. The summed E-state index contributed by atoms with van der Waals surface area (Å²) in [6, 6.07) is 21.1. The molecule has 1 aliphatic carbocycles. The van der Waals surface area contributed by atoms with Crippen LogP contribution in [0.15, 0.2) is 72.8 Å². The van der Waals surface area contributed by atoms with Gasteiger partial charge in [0.25, 0.3) is 0 Å². The van der Waals surface area contributed by atoms with Gasteiger partial charge in [-0.25, -0.2) is 19.6 Å². The van der Waals surface area contributed by atoms with Crippen LogP contribution in [0.3, 0.4) is 0 Å². The first-order chi connectivity index (χ1) is 29.4. The lowest BCUT2D eigenvalue weighted by atomic mass is 9.85. The van der Waals surface area contributed by atoms with Crippen LogP contribution in [-0.4, -0.2) is 68.5 Å². The van der Waals surface area contributed by atoms with E-state index in [9.17, 15) is 19.2 Å². The molecule has 15 heteroatoms. The van der Waals surface area contributed by atoms with Gasteiger partial charge in [0, 0.05) is 43.7 Å². The van der Waals surface area contributed by atoms with E-state index in [1.807, 2.05) is 32.0 Å². The summed E-state index contributed by atoms with van der Waals surface area (Å²) in [6.45, 7) is 7.79. The van der Waals surface area contributed by atoms with Gasteiger partial charge in [-0.1, -0.05) is 88.2 Å². The zero-order valence-corrected chi connectivity index (χ0v) is 35.5. The average molecular weight is 833 g/mol. The van der Waals surface area contributed by atoms with Crippen LogP contribution in [-0.2, 0) is 40.4 Å². The van der Waals surface area contributed by atoms with Crippen molar-refractivity contribution in [3.63, 3.8) is 0 Å². The highest BCUT2D eigenvalue weighted by Crippen LogP contribution is 2.31. The largest absolute Gasteiger partial charge is 0.445 e. The number of carbonyl (C=O) groups excluding carboxylic acids is 4. The molecule has 15 nitrogen and oxygen atoms in total. The number of urea groups is 1. The lowest BCUT2D eigenvalue weighted by molar-refractivity contribution is -0.128. The number of aromatic nitrogens is 3. The van der Waals surface area contributed by atoms with Gasteiger partial charge in [0.15, 0.2) is 5.82 Å². The minimum Gasteiger partial charge on any atom is -0.445 e. The number of aryl methyl sites for hydroxylation is 1. The molecular weight excluding hydrogens is 773 g/mol. The Bertz CT molecular complexity index is 2290. The van der Waals surface area contributed by atoms with Crippen molar-refractivity contribution in [2.24, 2.45) is 23.3 Å². The summed E-state index contributed by atoms with van der Waals surface area (Å²) < 4.78 is 8.12. The Hall–Kier alpha value is -6.22. The lowest BCUT2D eigenvalue weighted by Crippen LogP contribution is -2.51. The number of para-hydroxylation sites is 1. The van der Waals surface area contributed by atoms with Gasteiger partial charge in [0.2, 0.25) is 11.8 Å². The Morgan fingerprint density at radius 3 is 2.30 bits per heavy atom. The first-order valence-corrected chi connectivity index (χ1v) is 21.4. The zero-order valence-electron chi connectivity index (χ0n) is 35.5. The van der Waals surface area contributed by atoms with Crippen LogP contribution in [0.1, 0.15) is 88.2 Å². The van der Waals surface area contributed by atoms with E-state index in [-0.39, 0.29) is 31.6 Å². The first-order valence-electron chi connectivity index (χ1n) is 21.4. The van der Waals surface area contributed by atoms with Crippen LogP contribution in [0, 0.1) is 11.8 Å². The smallest absolute Gasteiger partial charge is 0.410 e. The monoisotopic (exact) mass is 832 g/mol. The number of primary amides is 1. The van der Waals surface area contributed by atoms with Crippen LogP contribution >= 0.6 is 0 Å². The number of carbonyl (C=O) groups is 4. The number of hydrogen-bond acceptors (Lipinski definition) is 9. The highest BCUT2D eigenvalue weighted by Gasteiger charge is 2.27. The van der Waals surface area contributed by atoms with Crippen molar-refractivity contribution < 1.29 is 23.9 Å². The molecule has 5 amide bonds. The van der Waals surface area contributed by atoms with Crippen LogP contribution in [0.2, 0.25) is 0 Å². The topological polar surface area (TPSA) is 226 Å². The van der Waals surface area contributed by atoms with E-state index < -0.39 is 29.9 Å². The molecule has 2 atom stereocenters. The number of ether oxygens (including phenoxy) is 1. The number of nitrogens with two attached hydrogens (primary N) is 3. The van der Waals surface area contributed by atoms with Gasteiger partial charge >= 0.3 is 12.1 Å². The van der Waals surface area contributed by atoms with E-state index in [0.717, 1.165) is 83.0 Å². The van der Waals surface area contributed by atoms with Gasteiger partial charge in [-0.3, -0.25) is 9.59 Å². The summed E-state index contributed by atoms with van der Waals surface area (Å²) in [4.78, 5) is 62.1. The molecule has 0 radical (unpaired) electrons. The number of fused-ring (bicyclic) bond motifs is 3. The highest BCUT2D eigenvalue weighted by molar-refractivity contribution is 6.06. The predicted molar refractivity (Wildman–Crippen MR) is 238 cm³/mol. The molecule has 1 fully saturated rings. The molecule has 0 saturated heterocycles. The Morgan fingerprint density at radius 2 is 1.62 bits per heavy atom. The third-order valence-corrected chi connectivity index (χ3v) is 11.3. The number of nitrogens with one attached hydrogen (secondary N) is 3. The van der Waals surface area contributed by atoms with Crippen molar-refractivity contribution in [1.29, 1.82) is 0 Å². The summed E-state index contributed by atoms with van der Waals surface area (Å²) in [5, 5.41) is 9.10. The molecule has 324 valence electrons. The summed E-state index contributed by atoms with van der Waals surface area (Å²) in [6.07, 6.45) is 6.52. The minimum absolute atomic E-state index is 0.0553. The van der Waals surface area contributed by atoms with Crippen molar-refractivity contribution in [1.82, 2.24) is 30.1 Å². The van der Waals surface area contributed by atoms with Gasteiger partial charge in [0.05, 0.1) is 17.1 Å². The highest BCUT2D eigenvalue weighted by atomic mass is 16.6. The van der Waals surface area contributed by atoms with Crippen molar-refractivity contribution in [3.05, 3.63) is 95.3 Å². The molecule has 0 bridgehead atoms. The first kappa shape index (κ1) is 44.3. The number of pyridine rings is 1. The second-order valence-corrected chi connectivity index (χ2v) is 16.4. The molecule has 1 aliphatic rings. The van der Waals surface area contributed by atoms with Crippen molar-refractivity contribution in [3.8, 4) is 0 Å². The number of benzene rings is 3. The molecule has 0 spiro atoms. The molecule has 0 unspecified atom stereocenters. The molecule has 1 saturated carbocycles. The number of hydrogen-bond donors (Lipinski definition) is 6. The fourth-order valence-corrected chi connectivity index (χ4v) is 7.45. The molecule has 6 rings (SSSR count). The molecule has 3 aromatic carbocycles. The maximum absolute atomic E-state index is 13.6.